The first-order chi connectivity index (χ1) is 16.4. The lowest BCUT2D eigenvalue weighted by Crippen LogP contribution is -2.56. The quantitative estimate of drug-likeness (QED) is 0.590. The summed E-state index contributed by atoms with van der Waals surface area (Å²) in [5.74, 6) is 0.0454. The average Bonchev–Trinajstić information content (AvgIpc) is 2.90. The standard InChI is InChI=1S/C27H32N4O3/c1-4-5-6-7-25(29-17-19-14-22(32)15-19)31-18(2)26(33)30(3)24-16-21(8-9-23(24)27(31)34)20-10-12-28-13-11-20/h4-6,8-13,16,18-19,22,25,29,32H,1,7,14-15,17H2,2-3H3/b6-5-/t18-,19?,22?,25?/m1/s1. The second-order valence-corrected chi connectivity index (χ2v) is 9.07. The van der Waals surface area contributed by atoms with E-state index < -0.39 is 6.04 Å². The third-order valence-electron chi connectivity index (χ3n) is 6.76. The van der Waals surface area contributed by atoms with E-state index in [4.69, 9.17) is 0 Å². The molecule has 1 fully saturated rings. The molecule has 0 radical (unpaired) electrons. The van der Waals surface area contributed by atoms with E-state index in [2.05, 4.69) is 16.9 Å². The Bertz CT molecular complexity index is 1080. The fourth-order valence-corrected chi connectivity index (χ4v) is 4.73. The zero-order valence-electron chi connectivity index (χ0n) is 19.7. The minimum absolute atomic E-state index is 0.141. The maximum atomic E-state index is 13.9. The van der Waals surface area contributed by atoms with Crippen molar-refractivity contribution in [2.45, 2.75) is 44.5 Å². The fraction of sp³-hybridized carbons (Fsp3) is 0.370. The number of likely N-dealkylation sites (N-methyl/N-ethyl adjacent to an activating group) is 1. The summed E-state index contributed by atoms with van der Waals surface area (Å²) in [6.07, 6.45) is 10.4. The molecular weight excluding hydrogens is 428 g/mol. The SMILES string of the molecule is C=C/C=C\CC(NCC1CC(O)C1)N1C(=O)c2ccc(-c3ccncc3)cc2N(C)C(=O)[C@H]1C. The van der Waals surface area contributed by atoms with Gasteiger partial charge >= 0.3 is 0 Å². The second kappa shape index (κ2) is 10.3. The number of aliphatic hydroxyl groups excluding tert-OH is 1. The van der Waals surface area contributed by atoms with Gasteiger partial charge in [0.05, 0.1) is 23.5 Å². The summed E-state index contributed by atoms with van der Waals surface area (Å²) in [7, 11) is 1.72. The van der Waals surface area contributed by atoms with Gasteiger partial charge in [-0.05, 0) is 67.5 Å². The Hall–Kier alpha value is -3.29. The largest absolute Gasteiger partial charge is 0.393 e. The van der Waals surface area contributed by atoms with Gasteiger partial charge < -0.3 is 14.9 Å². The molecule has 2 aliphatic rings. The van der Waals surface area contributed by atoms with E-state index in [1.807, 2.05) is 36.4 Å². The number of allylic oxidation sites excluding steroid dienone is 2. The first kappa shape index (κ1) is 23.9. The fourth-order valence-electron chi connectivity index (χ4n) is 4.73. The second-order valence-electron chi connectivity index (χ2n) is 9.07. The summed E-state index contributed by atoms with van der Waals surface area (Å²) in [5, 5.41) is 13.1. The van der Waals surface area contributed by atoms with Crippen LogP contribution < -0.4 is 10.2 Å². The Morgan fingerprint density at radius 3 is 2.62 bits per heavy atom. The monoisotopic (exact) mass is 460 g/mol. The molecule has 0 bridgehead atoms. The van der Waals surface area contributed by atoms with Crippen LogP contribution in [-0.4, -0.2) is 58.7 Å². The molecule has 2 heterocycles. The number of benzene rings is 1. The van der Waals surface area contributed by atoms with Crippen molar-refractivity contribution in [3.8, 4) is 11.1 Å². The highest BCUT2D eigenvalue weighted by atomic mass is 16.3. The predicted octanol–water partition coefficient (Wildman–Crippen LogP) is 3.37. The van der Waals surface area contributed by atoms with Crippen molar-refractivity contribution in [2.24, 2.45) is 5.92 Å². The molecule has 1 aliphatic heterocycles. The number of carbonyl (C=O) groups is 2. The van der Waals surface area contributed by atoms with Crippen molar-refractivity contribution >= 4 is 17.5 Å². The van der Waals surface area contributed by atoms with E-state index in [-0.39, 0.29) is 24.1 Å². The minimum Gasteiger partial charge on any atom is -0.393 e. The van der Waals surface area contributed by atoms with Gasteiger partial charge in [0.25, 0.3) is 5.91 Å². The van der Waals surface area contributed by atoms with Crippen LogP contribution in [0.25, 0.3) is 11.1 Å². The summed E-state index contributed by atoms with van der Waals surface area (Å²) in [6, 6.07) is 8.78. The van der Waals surface area contributed by atoms with Gasteiger partial charge in [-0.1, -0.05) is 30.9 Å². The Balaban J connectivity index is 1.67. The molecule has 7 heteroatoms. The van der Waals surface area contributed by atoms with Crippen molar-refractivity contribution < 1.29 is 14.7 Å². The lowest BCUT2D eigenvalue weighted by atomic mass is 9.82. The highest BCUT2D eigenvalue weighted by Gasteiger charge is 2.39. The minimum atomic E-state index is -0.643. The number of amides is 2. The number of hydrogen-bond donors (Lipinski definition) is 2. The van der Waals surface area contributed by atoms with E-state index in [0.717, 1.165) is 24.0 Å². The third-order valence-corrected chi connectivity index (χ3v) is 6.76. The van der Waals surface area contributed by atoms with Gasteiger partial charge in [-0.2, -0.15) is 0 Å². The zero-order valence-corrected chi connectivity index (χ0v) is 19.7. The predicted molar refractivity (Wildman–Crippen MR) is 133 cm³/mol. The first-order valence-corrected chi connectivity index (χ1v) is 11.7. The molecule has 34 heavy (non-hydrogen) atoms. The van der Waals surface area contributed by atoms with Crippen LogP contribution in [0.1, 0.15) is 36.5 Å². The van der Waals surface area contributed by atoms with E-state index >= 15 is 0 Å². The number of fused-ring (bicyclic) bond motifs is 1. The molecule has 0 spiro atoms. The molecular formula is C27H32N4O3. The highest BCUT2D eigenvalue weighted by molar-refractivity contribution is 6.11. The number of hydrogen-bond acceptors (Lipinski definition) is 5. The van der Waals surface area contributed by atoms with Crippen LogP contribution >= 0.6 is 0 Å². The smallest absolute Gasteiger partial charge is 0.257 e. The van der Waals surface area contributed by atoms with Crippen LogP contribution in [-0.2, 0) is 4.79 Å². The molecule has 1 unspecified atom stereocenters. The molecule has 2 atom stereocenters. The Morgan fingerprint density at radius 2 is 1.94 bits per heavy atom. The third kappa shape index (κ3) is 4.81. The van der Waals surface area contributed by atoms with Crippen LogP contribution in [0, 0.1) is 5.92 Å². The maximum absolute atomic E-state index is 13.9. The average molecular weight is 461 g/mol. The highest BCUT2D eigenvalue weighted by Crippen LogP contribution is 2.33. The van der Waals surface area contributed by atoms with Crippen molar-refractivity contribution in [1.29, 1.82) is 0 Å². The number of rotatable bonds is 8. The lowest BCUT2D eigenvalue weighted by molar-refractivity contribution is -0.122. The van der Waals surface area contributed by atoms with Gasteiger partial charge in [0.15, 0.2) is 0 Å². The number of anilines is 1. The maximum Gasteiger partial charge on any atom is 0.257 e. The van der Waals surface area contributed by atoms with Crippen molar-refractivity contribution in [1.82, 2.24) is 15.2 Å². The molecule has 0 saturated heterocycles. The molecule has 178 valence electrons. The molecule has 1 saturated carbocycles. The van der Waals surface area contributed by atoms with Gasteiger partial charge in [0, 0.05) is 26.0 Å². The Morgan fingerprint density at radius 1 is 1.21 bits per heavy atom. The molecule has 2 amide bonds. The summed E-state index contributed by atoms with van der Waals surface area (Å²) >= 11 is 0. The Kier molecular flexibility index (Phi) is 7.24. The van der Waals surface area contributed by atoms with Crippen LogP contribution in [0.5, 0.6) is 0 Å². The van der Waals surface area contributed by atoms with Gasteiger partial charge in [0.1, 0.15) is 6.04 Å². The summed E-state index contributed by atoms with van der Waals surface area (Å²) in [6.45, 7) is 6.19. The number of aliphatic hydroxyl groups is 1. The molecule has 2 aromatic rings. The summed E-state index contributed by atoms with van der Waals surface area (Å²) in [4.78, 5) is 34.6. The van der Waals surface area contributed by atoms with Crippen molar-refractivity contribution in [3.05, 3.63) is 73.1 Å². The van der Waals surface area contributed by atoms with Crippen molar-refractivity contribution in [3.63, 3.8) is 0 Å². The van der Waals surface area contributed by atoms with Crippen LogP contribution in [0.15, 0.2) is 67.5 Å². The molecule has 4 rings (SSSR count). The van der Waals surface area contributed by atoms with Gasteiger partial charge in [-0.3, -0.25) is 19.9 Å². The summed E-state index contributed by atoms with van der Waals surface area (Å²) in [5.41, 5.74) is 2.98. The number of aromatic nitrogens is 1. The van der Waals surface area contributed by atoms with Gasteiger partial charge in [-0.25, -0.2) is 0 Å². The molecule has 7 nitrogen and oxygen atoms in total. The topological polar surface area (TPSA) is 85.8 Å². The number of carbonyl (C=O) groups excluding carboxylic acids is 2. The summed E-state index contributed by atoms with van der Waals surface area (Å²) < 4.78 is 0. The van der Waals surface area contributed by atoms with E-state index in [1.54, 1.807) is 48.3 Å². The van der Waals surface area contributed by atoms with Crippen molar-refractivity contribution in [2.75, 3.05) is 18.5 Å². The lowest BCUT2D eigenvalue weighted by Gasteiger charge is -2.38. The van der Waals surface area contributed by atoms with Gasteiger partial charge in [-0.15, -0.1) is 0 Å². The van der Waals surface area contributed by atoms with E-state index in [0.29, 0.717) is 30.1 Å². The normalized spacial score (nSPS) is 23.4. The first-order valence-electron chi connectivity index (χ1n) is 11.7. The molecule has 2 N–H and O–H groups in total. The number of nitrogens with one attached hydrogen (secondary N) is 1. The number of nitrogens with zero attached hydrogens (tertiary/aromatic N) is 3. The number of pyridine rings is 1. The van der Waals surface area contributed by atoms with Crippen LogP contribution in [0.3, 0.4) is 0 Å². The zero-order chi connectivity index (χ0) is 24.2. The Labute approximate surface area is 200 Å². The molecule has 1 aliphatic carbocycles. The van der Waals surface area contributed by atoms with E-state index in [9.17, 15) is 14.7 Å². The van der Waals surface area contributed by atoms with Gasteiger partial charge in [0.2, 0.25) is 5.91 Å². The van der Waals surface area contributed by atoms with Crippen LogP contribution in [0.2, 0.25) is 0 Å². The molecule has 1 aromatic carbocycles. The van der Waals surface area contributed by atoms with Crippen LogP contribution in [0.4, 0.5) is 5.69 Å². The molecule has 1 aromatic heterocycles. The van der Waals surface area contributed by atoms with E-state index in [1.165, 1.54) is 0 Å².